The second kappa shape index (κ2) is 26.1. The minimum Gasteiger partial charge on any atom is -0.455 e. The first kappa shape index (κ1) is 62.5. The molecule has 0 fully saturated rings. The smallest absolute Gasteiger partial charge is 0.143 e. The van der Waals surface area contributed by atoms with Crippen LogP contribution < -0.4 is 14.7 Å². The SMILES string of the molecule is CC1(C)c2cc(N(c3ccc(-c4ccccc4)cc3)c3cccc4ccccc34)ccc2-c2ccc(N(c3ccc(-c4ccc(-c5ccc(-c6ccc(N(c7ccc(-c8ccccc8)cc7)c7ccc(-c8cccc9c8oc8ccccc89)cc7)cc6)cc5)cc4)cc3)c3cccc4ccccc34)cc21. The number of rotatable bonds is 15. The number of fused-ring (bicyclic) bond motifs is 8. The van der Waals surface area contributed by atoms with Crippen LogP contribution in [-0.2, 0) is 5.41 Å². The van der Waals surface area contributed by atoms with Crippen LogP contribution in [0.4, 0.5) is 51.2 Å². The predicted molar refractivity (Wildman–Crippen MR) is 443 cm³/mol. The molecular formula is C101H71N3O. The van der Waals surface area contributed by atoms with Gasteiger partial charge in [0.05, 0.1) is 11.4 Å². The summed E-state index contributed by atoms with van der Waals surface area (Å²) >= 11 is 0. The van der Waals surface area contributed by atoms with E-state index in [2.05, 4.69) is 411 Å². The number of hydrogen-bond donors (Lipinski definition) is 0. The van der Waals surface area contributed by atoms with E-state index in [0.29, 0.717) is 0 Å². The standard InChI is InChI=1S/C101H71N3O/c1-101(2)95-66-86(103(97-31-15-24-78-22-9-11-26-88(78)97)84-56-46-75(47-57-84)69-20-7-4-8-21-69)62-64-91(95)92-65-63-87(67-96(92)101)104(98-32-16-25-79-23-10-12-27-89(79)98)85-58-48-77(49-59-85)73-40-36-71(37-41-73)70-34-38-72(39-35-70)76-44-54-82(55-45-76)102(81-52-42-74(43-53-81)68-18-5-3-6-19-68)83-60-50-80(51-61-83)90-29-17-30-94-93-28-13-14-33-99(93)105-100(90)94/h3-67H,1-2H3. The lowest BCUT2D eigenvalue weighted by Gasteiger charge is -2.30. The van der Waals surface area contributed by atoms with Gasteiger partial charge in [-0.1, -0.05) is 305 Å². The lowest BCUT2D eigenvalue weighted by atomic mass is 9.82. The van der Waals surface area contributed by atoms with Gasteiger partial charge in [-0.05, 0) is 197 Å². The van der Waals surface area contributed by atoms with Gasteiger partial charge in [-0.2, -0.15) is 0 Å². The Morgan fingerprint density at radius 2 is 0.505 bits per heavy atom. The maximum absolute atomic E-state index is 6.47. The first-order valence-corrected chi connectivity index (χ1v) is 36.2. The van der Waals surface area contributed by atoms with Gasteiger partial charge in [-0.25, -0.2) is 0 Å². The zero-order chi connectivity index (χ0) is 70.0. The third-order valence-corrected chi connectivity index (χ3v) is 21.5. The molecule has 0 saturated heterocycles. The number of anilines is 9. The Morgan fingerprint density at radius 3 is 0.914 bits per heavy atom. The van der Waals surface area contributed by atoms with Crippen molar-refractivity contribution in [2.24, 2.45) is 0 Å². The highest BCUT2D eigenvalue weighted by Crippen LogP contribution is 2.54. The molecule has 0 radical (unpaired) electrons. The number of nitrogens with zero attached hydrogens (tertiary/aromatic N) is 3. The Labute approximate surface area is 612 Å². The van der Waals surface area contributed by atoms with E-state index in [1.54, 1.807) is 0 Å². The highest BCUT2D eigenvalue weighted by atomic mass is 16.3. The minimum atomic E-state index is -0.319. The van der Waals surface area contributed by atoms with Crippen molar-refractivity contribution in [2.75, 3.05) is 14.7 Å². The third-order valence-electron chi connectivity index (χ3n) is 21.5. The zero-order valence-electron chi connectivity index (χ0n) is 58.3. The van der Waals surface area contributed by atoms with Gasteiger partial charge in [-0.15, -0.1) is 0 Å². The molecule has 0 aliphatic heterocycles. The van der Waals surface area contributed by atoms with Crippen molar-refractivity contribution in [3.63, 3.8) is 0 Å². The summed E-state index contributed by atoms with van der Waals surface area (Å²) in [4.78, 5) is 7.23. The molecule has 1 heterocycles. The summed E-state index contributed by atoms with van der Waals surface area (Å²) in [5.41, 5.74) is 30.5. The fourth-order valence-corrected chi connectivity index (χ4v) is 16.0. The second-order valence-corrected chi connectivity index (χ2v) is 28.0. The number of hydrogen-bond acceptors (Lipinski definition) is 4. The van der Waals surface area contributed by atoms with Crippen molar-refractivity contribution >= 4 is 94.7 Å². The summed E-state index contributed by atoms with van der Waals surface area (Å²) in [6.45, 7) is 4.79. The van der Waals surface area contributed by atoms with E-state index >= 15 is 0 Å². The van der Waals surface area contributed by atoms with Crippen LogP contribution in [-0.4, -0.2) is 0 Å². The summed E-state index contributed by atoms with van der Waals surface area (Å²) in [5.74, 6) is 0. The lowest BCUT2D eigenvalue weighted by molar-refractivity contribution is 0.660. The molecule has 0 bridgehead atoms. The highest BCUT2D eigenvalue weighted by Gasteiger charge is 2.37. The molecule has 17 aromatic carbocycles. The topological polar surface area (TPSA) is 22.9 Å². The quantitative estimate of drug-likeness (QED) is 0.102. The van der Waals surface area contributed by atoms with Crippen LogP contribution in [0.3, 0.4) is 0 Å². The van der Waals surface area contributed by atoms with Gasteiger partial charge in [0.25, 0.3) is 0 Å². The second-order valence-electron chi connectivity index (χ2n) is 28.0. The Kier molecular flexibility index (Phi) is 15.5. The lowest BCUT2D eigenvalue weighted by Crippen LogP contribution is -2.18. The first-order valence-electron chi connectivity index (χ1n) is 36.2. The monoisotopic (exact) mass is 1340 g/mol. The van der Waals surface area contributed by atoms with Crippen molar-refractivity contribution in [2.45, 2.75) is 19.3 Å². The fraction of sp³-hybridized carbons (Fsp3) is 0.0297. The average Bonchev–Trinajstić information content (AvgIpc) is 1.57. The first-order chi connectivity index (χ1) is 51.8. The van der Waals surface area contributed by atoms with Crippen LogP contribution in [0.2, 0.25) is 0 Å². The Bertz CT molecular complexity index is 6230. The minimum absolute atomic E-state index is 0.319. The molecule has 105 heavy (non-hydrogen) atoms. The average molecular weight is 1340 g/mol. The van der Waals surface area contributed by atoms with Crippen molar-refractivity contribution in [3.8, 4) is 77.9 Å². The molecule has 18 aromatic rings. The van der Waals surface area contributed by atoms with E-state index in [1.807, 2.05) is 12.1 Å². The zero-order valence-corrected chi connectivity index (χ0v) is 58.3. The Balaban J connectivity index is 0.590. The molecule has 0 atom stereocenters. The largest absolute Gasteiger partial charge is 0.455 e. The van der Waals surface area contributed by atoms with Gasteiger partial charge in [0.2, 0.25) is 0 Å². The number of benzene rings is 17. The maximum atomic E-state index is 6.47. The fourth-order valence-electron chi connectivity index (χ4n) is 16.0. The van der Waals surface area contributed by atoms with E-state index in [0.717, 1.165) is 107 Å². The molecule has 1 aromatic heterocycles. The Morgan fingerprint density at radius 1 is 0.210 bits per heavy atom. The van der Waals surface area contributed by atoms with Gasteiger partial charge < -0.3 is 19.1 Å². The van der Waals surface area contributed by atoms with E-state index in [-0.39, 0.29) is 5.41 Å². The number of para-hydroxylation sites is 2. The van der Waals surface area contributed by atoms with Gasteiger partial charge in [0.1, 0.15) is 11.2 Å². The van der Waals surface area contributed by atoms with Crippen molar-refractivity contribution in [3.05, 3.63) is 405 Å². The van der Waals surface area contributed by atoms with Crippen LogP contribution in [0.25, 0.3) is 121 Å². The summed E-state index contributed by atoms with van der Waals surface area (Å²) in [7, 11) is 0. The van der Waals surface area contributed by atoms with E-state index in [1.165, 1.54) is 77.2 Å². The molecule has 0 saturated carbocycles. The van der Waals surface area contributed by atoms with Crippen LogP contribution in [0, 0.1) is 0 Å². The molecule has 4 nitrogen and oxygen atoms in total. The molecular weight excluding hydrogens is 1270 g/mol. The van der Waals surface area contributed by atoms with Crippen LogP contribution in [0.1, 0.15) is 25.0 Å². The summed E-state index contributed by atoms with van der Waals surface area (Å²) < 4.78 is 6.47. The van der Waals surface area contributed by atoms with Gasteiger partial charge in [-0.3, -0.25) is 0 Å². The van der Waals surface area contributed by atoms with E-state index in [4.69, 9.17) is 4.42 Å². The van der Waals surface area contributed by atoms with Crippen molar-refractivity contribution in [1.29, 1.82) is 0 Å². The predicted octanol–water partition coefficient (Wildman–Crippen LogP) is 28.6. The van der Waals surface area contributed by atoms with Gasteiger partial charge in [0, 0.05) is 72.3 Å². The normalized spacial score (nSPS) is 12.2. The van der Waals surface area contributed by atoms with Gasteiger partial charge in [0.15, 0.2) is 0 Å². The molecule has 4 heteroatoms. The summed E-state index contributed by atoms with van der Waals surface area (Å²) in [6, 6.07) is 144. The highest BCUT2D eigenvalue weighted by molar-refractivity contribution is 6.10. The molecule has 0 N–H and O–H groups in total. The molecule has 496 valence electrons. The molecule has 19 rings (SSSR count). The van der Waals surface area contributed by atoms with Crippen LogP contribution in [0.15, 0.2) is 399 Å². The maximum Gasteiger partial charge on any atom is 0.143 e. The molecule has 1 aliphatic rings. The molecule has 1 aliphatic carbocycles. The van der Waals surface area contributed by atoms with Crippen molar-refractivity contribution < 1.29 is 4.42 Å². The third kappa shape index (κ3) is 11.4. The number of furan rings is 1. The van der Waals surface area contributed by atoms with Gasteiger partial charge >= 0.3 is 0 Å². The van der Waals surface area contributed by atoms with E-state index < -0.39 is 0 Å². The van der Waals surface area contributed by atoms with Crippen LogP contribution in [0.5, 0.6) is 0 Å². The van der Waals surface area contributed by atoms with E-state index in [9.17, 15) is 0 Å². The molecule has 0 unspecified atom stereocenters. The summed E-state index contributed by atoms with van der Waals surface area (Å²) in [6.07, 6.45) is 0. The molecule has 0 amide bonds. The summed E-state index contributed by atoms with van der Waals surface area (Å²) in [5, 5.41) is 7.06. The molecule has 0 spiro atoms. The Hall–Kier alpha value is -13.5. The van der Waals surface area contributed by atoms with Crippen molar-refractivity contribution in [1.82, 2.24) is 0 Å². The van der Waals surface area contributed by atoms with Crippen LogP contribution >= 0.6 is 0 Å².